The number of amides is 1. The highest BCUT2D eigenvalue weighted by molar-refractivity contribution is 5.98. The summed E-state index contributed by atoms with van der Waals surface area (Å²) in [4.78, 5) is 14.5. The molecule has 3 heteroatoms. The Bertz CT molecular complexity index is 468. The van der Waals surface area contributed by atoms with Gasteiger partial charge in [0.2, 0.25) is 5.91 Å². The van der Waals surface area contributed by atoms with Crippen molar-refractivity contribution in [1.29, 1.82) is 0 Å². The third-order valence-corrected chi connectivity index (χ3v) is 3.62. The molecule has 0 aromatic heterocycles. The van der Waals surface area contributed by atoms with E-state index in [1.54, 1.807) is 0 Å². The van der Waals surface area contributed by atoms with Crippen molar-refractivity contribution in [2.45, 2.75) is 52.6 Å². The number of nitrogens with zero attached hydrogens (tertiary/aromatic N) is 1. The second kappa shape index (κ2) is 5.74. The number of benzene rings is 1. The summed E-state index contributed by atoms with van der Waals surface area (Å²) in [6.07, 6.45) is 2.00. The summed E-state index contributed by atoms with van der Waals surface area (Å²) < 4.78 is 0. The molecule has 1 amide bonds. The minimum Gasteiger partial charge on any atom is -0.311 e. The molecule has 104 valence electrons. The SMILES string of the molecule is Cc1ccc(N2CCCC(NC(C)C)C2=O)c(C)c1. The highest BCUT2D eigenvalue weighted by Crippen LogP contribution is 2.25. The number of piperidine rings is 1. The van der Waals surface area contributed by atoms with Crippen LogP contribution in [0.25, 0.3) is 0 Å². The van der Waals surface area contributed by atoms with Gasteiger partial charge in [0.15, 0.2) is 0 Å². The maximum absolute atomic E-state index is 12.6. The molecule has 1 aliphatic rings. The Morgan fingerprint density at radius 2 is 2.05 bits per heavy atom. The third kappa shape index (κ3) is 3.16. The topological polar surface area (TPSA) is 32.3 Å². The van der Waals surface area contributed by atoms with Gasteiger partial charge in [-0.2, -0.15) is 0 Å². The Balaban J connectivity index is 2.21. The van der Waals surface area contributed by atoms with E-state index in [0.717, 1.165) is 25.1 Å². The second-order valence-electron chi connectivity index (χ2n) is 5.80. The molecule has 0 saturated carbocycles. The summed E-state index contributed by atoms with van der Waals surface area (Å²) >= 11 is 0. The van der Waals surface area contributed by atoms with Gasteiger partial charge in [-0.3, -0.25) is 4.79 Å². The van der Waals surface area contributed by atoms with Crippen molar-refractivity contribution >= 4 is 11.6 Å². The molecular weight excluding hydrogens is 236 g/mol. The van der Waals surface area contributed by atoms with Crippen molar-refractivity contribution < 1.29 is 4.79 Å². The number of nitrogens with one attached hydrogen (secondary N) is 1. The fourth-order valence-electron chi connectivity index (χ4n) is 2.78. The number of carbonyl (C=O) groups is 1. The summed E-state index contributed by atoms with van der Waals surface area (Å²) in [6.45, 7) is 9.17. The van der Waals surface area contributed by atoms with E-state index in [2.05, 4.69) is 51.2 Å². The first kappa shape index (κ1) is 14.1. The zero-order chi connectivity index (χ0) is 14.0. The Labute approximate surface area is 116 Å². The van der Waals surface area contributed by atoms with Crippen LogP contribution < -0.4 is 10.2 Å². The predicted molar refractivity (Wildman–Crippen MR) is 79.6 cm³/mol. The van der Waals surface area contributed by atoms with Crippen LogP contribution in [0.4, 0.5) is 5.69 Å². The minimum absolute atomic E-state index is 0.0329. The largest absolute Gasteiger partial charge is 0.311 e. The Hall–Kier alpha value is -1.35. The van der Waals surface area contributed by atoms with E-state index in [-0.39, 0.29) is 11.9 Å². The van der Waals surface area contributed by atoms with Crippen LogP contribution in [0.3, 0.4) is 0 Å². The van der Waals surface area contributed by atoms with E-state index in [4.69, 9.17) is 0 Å². The molecule has 1 aromatic carbocycles. The van der Waals surface area contributed by atoms with Crippen LogP contribution in [0.15, 0.2) is 18.2 Å². The standard InChI is InChI=1S/C16H24N2O/c1-11(2)17-14-6-5-9-18(16(14)19)15-8-7-12(3)10-13(15)4/h7-8,10-11,14,17H,5-6,9H2,1-4H3. The molecule has 19 heavy (non-hydrogen) atoms. The van der Waals surface area contributed by atoms with Crippen molar-refractivity contribution in [2.24, 2.45) is 0 Å². The van der Waals surface area contributed by atoms with Crippen molar-refractivity contribution in [3.05, 3.63) is 29.3 Å². The van der Waals surface area contributed by atoms with Gasteiger partial charge >= 0.3 is 0 Å². The summed E-state index contributed by atoms with van der Waals surface area (Å²) in [5.41, 5.74) is 3.48. The molecule has 1 atom stereocenters. The average Bonchev–Trinajstić information content (AvgIpc) is 2.32. The van der Waals surface area contributed by atoms with Crippen molar-refractivity contribution in [3.8, 4) is 0 Å². The van der Waals surface area contributed by atoms with Gasteiger partial charge in [0, 0.05) is 18.3 Å². The fraction of sp³-hybridized carbons (Fsp3) is 0.562. The fourth-order valence-corrected chi connectivity index (χ4v) is 2.78. The van der Waals surface area contributed by atoms with E-state index in [0.29, 0.717) is 6.04 Å². The smallest absolute Gasteiger partial charge is 0.244 e. The van der Waals surface area contributed by atoms with E-state index in [1.807, 2.05) is 4.90 Å². The molecule has 3 nitrogen and oxygen atoms in total. The third-order valence-electron chi connectivity index (χ3n) is 3.62. The molecule has 0 aliphatic carbocycles. The number of aryl methyl sites for hydroxylation is 2. The maximum atomic E-state index is 12.6. The quantitative estimate of drug-likeness (QED) is 0.906. The zero-order valence-corrected chi connectivity index (χ0v) is 12.4. The summed E-state index contributed by atoms with van der Waals surface area (Å²) in [7, 11) is 0. The molecule has 0 radical (unpaired) electrons. The number of anilines is 1. The number of rotatable bonds is 3. The lowest BCUT2D eigenvalue weighted by Crippen LogP contribution is -2.52. The molecule has 1 aliphatic heterocycles. The molecule has 2 rings (SSSR count). The van der Waals surface area contributed by atoms with Gasteiger partial charge in [0.05, 0.1) is 6.04 Å². The van der Waals surface area contributed by atoms with Crippen molar-refractivity contribution in [3.63, 3.8) is 0 Å². The van der Waals surface area contributed by atoms with E-state index in [9.17, 15) is 4.79 Å². The van der Waals surface area contributed by atoms with E-state index >= 15 is 0 Å². The monoisotopic (exact) mass is 260 g/mol. The van der Waals surface area contributed by atoms with Crippen LogP contribution in [0.2, 0.25) is 0 Å². The van der Waals surface area contributed by atoms with Crippen LogP contribution in [0, 0.1) is 13.8 Å². The van der Waals surface area contributed by atoms with Gasteiger partial charge in [0.25, 0.3) is 0 Å². The first-order chi connectivity index (χ1) is 8.99. The molecule has 1 N–H and O–H groups in total. The average molecular weight is 260 g/mol. The first-order valence-corrected chi connectivity index (χ1v) is 7.13. The summed E-state index contributed by atoms with van der Waals surface area (Å²) in [5.74, 6) is 0.215. The number of carbonyl (C=O) groups excluding carboxylic acids is 1. The maximum Gasteiger partial charge on any atom is 0.244 e. The zero-order valence-electron chi connectivity index (χ0n) is 12.4. The van der Waals surface area contributed by atoms with Crippen LogP contribution >= 0.6 is 0 Å². The minimum atomic E-state index is -0.0329. The number of hydrogen-bond acceptors (Lipinski definition) is 2. The molecular formula is C16H24N2O. The van der Waals surface area contributed by atoms with Crippen LogP contribution in [0.1, 0.15) is 37.8 Å². The van der Waals surface area contributed by atoms with Gasteiger partial charge in [-0.25, -0.2) is 0 Å². The van der Waals surface area contributed by atoms with E-state index in [1.165, 1.54) is 11.1 Å². The first-order valence-electron chi connectivity index (χ1n) is 7.13. The van der Waals surface area contributed by atoms with Crippen molar-refractivity contribution in [1.82, 2.24) is 5.32 Å². The normalized spacial score (nSPS) is 20.2. The molecule has 1 heterocycles. The molecule has 0 spiro atoms. The summed E-state index contributed by atoms with van der Waals surface area (Å²) in [6, 6.07) is 6.60. The molecule has 1 aromatic rings. The van der Waals surface area contributed by atoms with Crippen LogP contribution in [0.5, 0.6) is 0 Å². The lowest BCUT2D eigenvalue weighted by atomic mass is 10.0. The lowest BCUT2D eigenvalue weighted by Gasteiger charge is -2.34. The van der Waals surface area contributed by atoms with Gasteiger partial charge < -0.3 is 10.2 Å². The molecule has 1 unspecified atom stereocenters. The molecule has 1 fully saturated rings. The van der Waals surface area contributed by atoms with Crippen LogP contribution in [-0.4, -0.2) is 24.5 Å². The Morgan fingerprint density at radius 1 is 1.32 bits per heavy atom. The molecule has 1 saturated heterocycles. The van der Waals surface area contributed by atoms with Gasteiger partial charge in [-0.15, -0.1) is 0 Å². The van der Waals surface area contributed by atoms with Gasteiger partial charge in [-0.05, 0) is 38.3 Å². The van der Waals surface area contributed by atoms with Crippen LogP contribution in [-0.2, 0) is 4.79 Å². The van der Waals surface area contributed by atoms with Gasteiger partial charge in [0.1, 0.15) is 0 Å². The summed E-state index contributed by atoms with van der Waals surface area (Å²) in [5, 5.41) is 3.37. The highest BCUT2D eigenvalue weighted by atomic mass is 16.2. The number of hydrogen-bond donors (Lipinski definition) is 1. The second-order valence-corrected chi connectivity index (χ2v) is 5.80. The highest BCUT2D eigenvalue weighted by Gasteiger charge is 2.30. The Kier molecular flexibility index (Phi) is 4.25. The Morgan fingerprint density at radius 3 is 2.68 bits per heavy atom. The van der Waals surface area contributed by atoms with Crippen molar-refractivity contribution in [2.75, 3.05) is 11.4 Å². The molecule has 0 bridgehead atoms. The van der Waals surface area contributed by atoms with E-state index < -0.39 is 0 Å². The van der Waals surface area contributed by atoms with Gasteiger partial charge in [-0.1, -0.05) is 31.5 Å². The predicted octanol–water partition coefficient (Wildman–Crippen LogP) is 2.80. The lowest BCUT2D eigenvalue weighted by molar-refractivity contribution is -0.121.